The van der Waals surface area contributed by atoms with Crippen LogP contribution in [0.15, 0.2) is 18.2 Å². The first-order valence-corrected chi connectivity index (χ1v) is 7.87. The first kappa shape index (κ1) is 15.3. The Balaban J connectivity index is 2.06. The third kappa shape index (κ3) is 4.20. The van der Waals surface area contributed by atoms with Crippen molar-refractivity contribution < 1.29 is 9.13 Å². The summed E-state index contributed by atoms with van der Waals surface area (Å²) in [7, 11) is 0. The van der Waals surface area contributed by atoms with Gasteiger partial charge in [0.1, 0.15) is 17.7 Å². The average Bonchev–Trinajstić information content (AvgIpc) is 2.41. The lowest BCUT2D eigenvalue weighted by molar-refractivity contribution is 0.127. The van der Waals surface area contributed by atoms with E-state index in [-0.39, 0.29) is 11.9 Å². The van der Waals surface area contributed by atoms with Crippen molar-refractivity contribution in [1.82, 2.24) is 5.32 Å². The van der Waals surface area contributed by atoms with Crippen molar-refractivity contribution in [3.05, 3.63) is 29.6 Å². The highest BCUT2D eigenvalue weighted by Crippen LogP contribution is 2.24. The van der Waals surface area contributed by atoms with Gasteiger partial charge in [0.05, 0.1) is 0 Å². The van der Waals surface area contributed by atoms with Crippen LogP contribution in [-0.2, 0) is 0 Å². The molecular formula is C17H26FNO. The smallest absolute Gasteiger partial charge is 0.129 e. The molecule has 1 N–H and O–H groups in total. The maximum Gasteiger partial charge on any atom is 0.129 e. The lowest BCUT2D eigenvalue weighted by atomic mass is 9.94. The van der Waals surface area contributed by atoms with Crippen LogP contribution < -0.4 is 10.1 Å². The van der Waals surface area contributed by atoms with Gasteiger partial charge in [-0.2, -0.15) is 0 Å². The molecule has 1 aliphatic rings. The van der Waals surface area contributed by atoms with Crippen LogP contribution in [0.5, 0.6) is 5.75 Å². The Labute approximate surface area is 121 Å². The van der Waals surface area contributed by atoms with Gasteiger partial charge in [0.25, 0.3) is 0 Å². The van der Waals surface area contributed by atoms with Crippen molar-refractivity contribution in [1.29, 1.82) is 0 Å². The number of hydrogen-bond donors (Lipinski definition) is 1. The SMILES string of the molecule is CCNC1CCCCCCC1Oc1ccc(C)c(F)c1. The van der Waals surface area contributed by atoms with Gasteiger partial charge in [0.15, 0.2) is 0 Å². The number of aryl methyl sites for hydroxylation is 1. The van der Waals surface area contributed by atoms with Crippen molar-refractivity contribution in [2.75, 3.05) is 6.54 Å². The maximum absolute atomic E-state index is 13.6. The second-order valence-corrected chi connectivity index (χ2v) is 5.72. The normalized spacial score (nSPS) is 23.9. The van der Waals surface area contributed by atoms with E-state index in [2.05, 4.69) is 12.2 Å². The molecule has 1 fully saturated rings. The molecule has 1 aromatic rings. The van der Waals surface area contributed by atoms with E-state index in [9.17, 15) is 4.39 Å². The summed E-state index contributed by atoms with van der Waals surface area (Å²) in [4.78, 5) is 0. The van der Waals surface area contributed by atoms with E-state index < -0.39 is 0 Å². The van der Waals surface area contributed by atoms with E-state index in [0.717, 1.165) is 19.4 Å². The Kier molecular flexibility index (Phi) is 5.84. The van der Waals surface area contributed by atoms with E-state index >= 15 is 0 Å². The third-order valence-corrected chi connectivity index (χ3v) is 4.10. The monoisotopic (exact) mass is 279 g/mol. The highest BCUT2D eigenvalue weighted by molar-refractivity contribution is 5.28. The molecule has 0 aliphatic heterocycles. The third-order valence-electron chi connectivity index (χ3n) is 4.10. The van der Waals surface area contributed by atoms with Crippen molar-refractivity contribution in [2.24, 2.45) is 0 Å². The molecule has 0 heterocycles. The quantitative estimate of drug-likeness (QED) is 0.891. The van der Waals surface area contributed by atoms with Gasteiger partial charge < -0.3 is 10.1 Å². The summed E-state index contributed by atoms with van der Waals surface area (Å²) in [6.07, 6.45) is 7.38. The largest absolute Gasteiger partial charge is 0.489 e. The minimum absolute atomic E-state index is 0.150. The molecule has 2 rings (SSSR count). The molecule has 1 aromatic carbocycles. The van der Waals surface area contributed by atoms with Gasteiger partial charge in [0.2, 0.25) is 0 Å². The van der Waals surface area contributed by atoms with Crippen LogP contribution in [0.3, 0.4) is 0 Å². The molecule has 3 heteroatoms. The zero-order valence-electron chi connectivity index (χ0n) is 12.6. The summed E-state index contributed by atoms with van der Waals surface area (Å²) in [6.45, 7) is 4.85. The first-order valence-electron chi connectivity index (χ1n) is 7.87. The highest BCUT2D eigenvalue weighted by atomic mass is 19.1. The standard InChI is InChI=1S/C17H26FNO/c1-3-19-16-8-6-4-5-7-9-17(16)20-14-11-10-13(2)15(18)12-14/h10-12,16-17,19H,3-9H2,1-2H3. The summed E-state index contributed by atoms with van der Waals surface area (Å²) in [6, 6.07) is 5.55. The van der Waals surface area contributed by atoms with Gasteiger partial charge in [-0.3, -0.25) is 0 Å². The summed E-state index contributed by atoms with van der Waals surface area (Å²) in [5.74, 6) is 0.468. The summed E-state index contributed by atoms with van der Waals surface area (Å²) >= 11 is 0. The Hall–Kier alpha value is -1.09. The highest BCUT2D eigenvalue weighted by Gasteiger charge is 2.23. The zero-order valence-corrected chi connectivity index (χ0v) is 12.6. The van der Waals surface area contributed by atoms with Gasteiger partial charge in [-0.15, -0.1) is 0 Å². The number of rotatable bonds is 4. The van der Waals surface area contributed by atoms with Crippen LogP contribution in [0, 0.1) is 12.7 Å². The molecule has 0 amide bonds. The van der Waals surface area contributed by atoms with E-state index in [1.165, 1.54) is 31.7 Å². The summed E-state index contributed by atoms with van der Waals surface area (Å²) in [5, 5.41) is 3.53. The van der Waals surface area contributed by atoms with E-state index in [1.54, 1.807) is 13.0 Å². The predicted molar refractivity (Wildman–Crippen MR) is 80.7 cm³/mol. The number of ether oxygens (including phenoxy) is 1. The maximum atomic E-state index is 13.6. The first-order chi connectivity index (χ1) is 9.70. The van der Waals surface area contributed by atoms with Crippen LogP contribution in [0.4, 0.5) is 4.39 Å². The van der Waals surface area contributed by atoms with E-state index in [4.69, 9.17) is 4.74 Å². The van der Waals surface area contributed by atoms with Crippen LogP contribution in [-0.4, -0.2) is 18.7 Å². The minimum Gasteiger partial charge on any atom is -0.489 e. The molecular weight excluding hydrogens is 253 g/mol. The fourth-order valence-corrected chi connectivity index (χ4v) is 2.91. The van der Waals surface area contributed by atoms with Gasteiger partial charge in [-0.05, 0) is 44.4 Å². The van der Waals surface area contributed by atoms with Crippen LogP contribution in [0.1, 0.15) is 51.0 Å². The van der Waals surface area contributed by atoms with Crippen LogP contribution in [0.25, 0.3) is 0 Å². The lowest BCUT2D eigenvalue weighted by Gasteiger charge is -2.30. The molecule has 1 saturated carbocycles. The van der Waals surface area contributed by atoms with Crippen LogP contribution in [0.2, 0.25) is 0 Å². The molecule has 2 atom stereocenters. The van der Waals surface area contributed by atoms with Crippen molar-refractivity contribution >= 4 is 0 Å². The second kappa shape index (κ2) is 7.63. The summed E-state index contributed by atoms with van der Waals surface area (Å²) in [5.41, 5.74) is 0.665. The van der Waals surface area contributed by atoms with E-state index in [0.29, 0.717) is 17.4 Å². The van der Waals surface area contributed by atoms with Gasteiger partial charge in [-0.25, -0.2) is 4.39 Å². The fraction of sp³-hybridized carbons (Fsp3) is 0.647. The second-order valence-electron chi connectivity index (χ2n) is 5.72. The molecule has 2 nitrogen and oxygen atoms in total. The Morgan fingerprint density at radius 3 is 2.65 bits per heavy atom. The average molecular weight is 279 g/mol. The van der Waals surface area contributed by atoms with Crippen molar-refractivity contribution in [2.45, 2.75) is 64.5 Å². The molecule has 20 heavy (non-hydrogen) atoms. The number of likely N-dealkylation sites (N-methyl/N-ethyl adjacent to an activating group) is 1. The zero-order chi connectivity index (χ0) is 14.4. The molecule has 0 bridgehead atoms. The Bertz CT molecular complexity index is 421. The Morgan fingerprint density at radius 1 is 1.20 bits per heavy atom. The molecule has 112 valence electrons. The molecule has 0 radical (unpaired) electrons. The number of nitrogens with one attached hydrogen (secondary N) is 1. The van der Waals surface area contributed by atoms with E-state index in [1.807, 2.05) is 6.07 Å². The molecule has 0 spiro atoms. The molecule has 1 aliphatic carbocycles. The number of halogens is 1. The molecule has 0 aromatic heterocycles. The van der Waals surface area contributed by atoms with Crippen molar-refractivity contribution in [3.8, 4) is 5.75 Å². The lowest BCUT2D eigenvalue weighted by Crippen LogP contribution is -2.43. The molecule has 0 saturated heterocycles. The fourth-order valence-electron chi connectivity index (χ4n) is 2.91. The number of hydrogen-bond acceptors (Lipinski definition) is 2. The van der Waals surface area contributed by atoms with Crippen LogP contribution >= 0.6 is 0 Å². The Morgan fingerprint density at radius 2 is 1.95 bits per heavy atom. The van der Waals surface area contributed by atoms with Gasteiger partial charge >= 0.3 is 0 Å². The number of benzene rings is 1. The van der Waals surface area contributed by atoms with Crippen molar-refractivity contribution in [3.63, 3.8) is 0 Å². The minimum atomic E-state index is -0.187. The van der Waals surface area contributed by atoms with Gasteiger partial charge in [0, 0.05) is 12.1 Å². The topological polar surface area (TPSA) is 21.3 Å². The molecule has 2 unspecified atom stereocenters. The van der Waals surface area contributed by atoms with Gasteiger partial charge in [-0.1, -0.05) is 32.3 Å². The predicted octanol–water partition coefficient (Wildman–Crippen LogP) is 4.21. The summed E-state index contributed by atoms with van der Waals surface area (Å²) < 4.78 is 19.7.